The largest absolute Gasteiger partial charge is 0.493 e. The number of ether oxygens (including phenoxy) is 3. The normalized spacial score (nSPS) is 13.4. The Hall–Kier alpha value is -3.35. The van der Waals surface area contributed by atoms with E-state index in [1.54, 1.807) is 30.0 Å². The molecule has 0 N–H and O–H groups in total. The fourth-order valence-corrected chi connectivity index (χ4v) is 3.21. The zero-order valence-corrected chi connectivity index (χ0v) is 16.6. The average molecular weight is 397 g/mol. The summed E-state index contributed by atoms with van der Waals surface area (Å²) in [6.07, 6.45) is -0.152. The Morgan fingerprint density at radius 1 is 1.10 bits per heavy atom. The Morgan fingerprint density at radius 3 is 2.59 bits per heavy atom. The van der Waals surface area contributed by atoms with Gasteiger partial charge in [0.1, 0.15) is 0 Å². The number of rotatable bonds is 7. The molecular weight excluding hydrogens is 374 g/mol. The highest BCUT2D eigenvalue weighted by Gasteiger charge is 2.29. The Labute approximate surface area is 169 Å². The maximum atomic E-state index is 12.7. The molecule has 7 nitrogen and oxygen atoms in total. The molecule has 0 aromatic heterocycles. The monoisotopic (exact) mass is 397 g/mol. The number of carbonyl (C=O) groups excluding carboxylic acids is 3. The van der Waals surface area contributed by atoms with Gasteiger partial charge in [-0.25, -0.2) is 4.79 Å². The number of ketones is 1. The van der Waals surface area contributed by atoms with Gasteiger partial charge in [-0.2, -0.15) is 0 Å². The summed E-state index contributed by atoms with van der Waals surface area (Å²) in [5, 5.41) is 0. The van der Waals surface area contributed by atoms with E-state index in [4.69, 9.17) is 14.2 Å². The van der Waals surface area contributed by atoms with Gasteiger partial charge < -0.3 is 19.1 Å². The molecule has 0 spiro atoms. The zero-order chi connectivity index (χ0) is 21.0. The van der Waals surface area contributed by atoms with E-state index in [-0.39, 0.29) is 18.3 Å². The molecular formula is C22H23NO6. The minimum atomic E-state index is -0.931. The van der Waals surface area contributed by atoms with Gasteiger partial charge >= 0.3 is 5.97 Å². The molecule has 2 aromatic carbocycles. The number of para-hydroxylation sites is 1. The van der Waals surface area contributed by atoms with Gasteiger partial charge in [0, 0.05) is 17.8 Å². The minimum Gasteiger partial charge on any atom is -0.493 e. The third kappa shape index (κ3) is 4.56. The lowest BCUT2D eigenvalue weighted by Crippen LogP contribution is -2.39. The van der Waals surface area contributed by atoms with Crippen LogP contribution in [-0.2, 0) is 20.7 Å². The third-order valence-electron chi connectivity index (χ3n) is 4.72. The SMILES string of the molecule is COc1cc(C(C)=O)ccc1OCC(=O)O[C@@H](C)C(=O)N1CCc2ccccc21. The molecule has 1 amide bonds. The fourth-order valence-electron chi connectivity index (χ4n) is 3.21. The van der Waals surface area contributed by atoms with Crippen LogP contribution in [0.5, 0.6) is 11.5 Å². The number of carbonyl (C=O) groups is 3. The molecule has 29 heavy (non-hydrogen) atoms. The highest BCUT2D eigenvalue weighted by atomic mass is 16.6. The molecule has 0 bridgehead atoms. The molecule has 0 saturated carbocycles. The van der Waals surface area contributed by atoms with Crippen molar-refractivity contribution in [1.29, 1.82) is 0 Å². The fraction of sp³-hybridized carbons (Fsp3) is 0.318. The number of amides is 1. The Balaban J connectivity index is 1.57. The maximum Gasteiger partial charge on any atom is 0.344 e. The molecule has 7 heteroatoms. The first-order valence-corrected chi connectivity index (χ1v) is 9.31. The lowest BCUT2D eigenvalue weighted by Gasteiger charge is -2.21. The minimum absolute atomic E-state index is 0.106. The van der Waals surface area contributed by atoms with Crippen molar-refractivity contribution in [3.8, 4) is 11.5 Å². The molecule has 3 rings (SSSR count). The second-order valence-electron chi connectivity index (χ2n) is 6.71. The summed E-state index contributed by atoms with van der Waals surface area (Å²) in [5.41, 5.74) is 2.43. The summed E-state index contributed by atoms with van der Waals surface area (Å²) in [6, 6.07) is 12.4. The standard InChI is InChI=1S/C22H23NO6/c1-14(24)17-8-9-19(20(12-17)27-3)28-13-21(25)29-15(2)22(26)23-11-10-16-6-4-5-7-18(16)23/h4-9,12,15H,10-11,13H2,1-3H3/t15-/m0/s1. The van der Waals surface area contributed by atoms with Crippen molar-refractivity contribution in [2.75, 3.05) is 25.2 Å². The number of fused-ring (bicyclic) bond motifs is 1. The van der Waals surface area contributed by atoms with Gasteiger partial charge in [0.05, 0.1) is 7.11 Å². The molecule has 152 valence electrons. The number of hydrogen-bond acceptors (Lipinski definition) is 6. The molecule has 0 aliphatic carbocycles. The van der Waals surface area contributed by atoms with Crippen LogP contribution in [0.1, 0.15) is 29.8 Å². The first kappa shape index (κ1) is 20.4. The van der Waals surface area contributed by atoms with Gasteiger partial charge in [-0.1, -0.05) is 18.2 Å². The summed E-state index contributed by atoms with van der Waals surface area (Å²) in [7, 11) is 1.44. The van der Waals surface area contributed by atoms with Crippen molar-refractivity contribution in [2.45, 2.75) is 26.4 Å². The Morgan fingerprint density at radius 2 is 1.86 bits per heavy atom. The van der Waals surface area contributed by atoms with Gasteiger partial charge in [-0.3, -0.25) is 9.59 Å². The van der Waals surface area contributed by atoms with Crippen molar-refractivity contribution in [2.24, 2.45) is 0 Å². The van der Waals surface area contributed by atoms with E-state index in [1.807, 2.05) is 24.3 Å². The molecule has 1 atom stereocenters. The molecule has 0 saturated heterocycles. The molecule has 1 heterocycles. The summed E-state index contributed by atoms with van der Waals surface area (Å²) < 4.78 is 15.9. The van der Waals surface area contributed by atoms with Gasteiger partial charge in [-0.15, -0.1) is 0 Å². The van der Waals surface area contributed by atoms with Crippen molar-refractivity contribution >= 4 is 23.3 Å². The van der Waals surface area contributed by atoms with E-state index in [0.717, 1.165) is 17.7 Å². The lowest BCUT2D eigenvalue weighted by atomic mass is 10.1. The predicted octanol–water partition coefficient (Wildman–Crippen LogP) is 2.80. The van der Waals surface area contributed by atoms with Gasteiger partial charge in [0.2, 0.25) is 0 Å². The third-order valence-corrected chi connectivity index (χ3v) is 4.72. The van der Waals surface area contributed by atoms with Crippen molar-refractivity contribution in [1.82, 2.24) is 0 Å². The van der Waals surface area contributed by atoms with Crippen LogP contribution in [-0.4, -0.2) is 44.0 Å². The van der Waals surface area contributed by atoms with Gasteiger partial charge in [-0.05, 0) is 50.1 Å². The van der Waals surface area contributed by atoms with Crippen LogP contribution < -0.4 is 14.4 Å². The number of Topliss-reactive ketones (excluding diaryl/α,β-unsaturated/α-hetero) is 1. The molecule has 0 unspecified atom stereocenters. The second kappa shape index (κ2) is 8.77. The van der Waals surface area contributed by atoms with Gasteiger partial charge in [0.15, 0.2) is 30.0 Å². The Bertz CT molecular complexity index is 939. The number of hydrogen-bond donors (Lipinski definition) is 0. The van der Waals surface area contributed by atoms with E-state index in [2.05, 4.69) is 0 Å². The molecule has 2 aromatic rings. The van der Waals surface area contributed by atoms with E-state index in [0.29, 0.717) is 23.6 Å². The summed E-state index contributed by atoms with van der Waals surface area (Å²) >= 11 is 0. The van der Waals surface area contributed by atoms with E-state index >= 15 is 0 Å². The van der Waals surface area contributed by atoms with E-state index in [1.165, 1.54) is 14.0 Å². The molecule has 0 radical (unpaired) electrons. The van der Waals surface area contributed by atoms with Crippen LogP contribution in [0.3, 0.4) is 0 Å². The topological polar surface area (TPSA) is 82.1 Å². The second-order valence-corrected chi connectivity index (χ2v) is 6.71. The smallest absolute Gasteiger partial charge is 0.344 e. The van der Waals surface area contributed by atoms with Crippen LogP contribution in [0.2, 0.25) is 0 Å². The first-order chi connectivity index (χ1) is 13.9. The average Bonchev–Trinajstić information content (AvgIpc) is 3.15. The van der Waals surface area contributed by atoms with Crippen molar-refractivity contribution in [3.05, 3.63) is 53.6 Å². The predicted molar refractivity (Wildman–Crippen MR) is 107 cm³/mol. The molecule has 0 fully saturated rings. The van der Waals surface area contributed by atoms with Crippen LogP contribution in [0.4, 0.5) is 5.69 Å². The lowest BCUT2D eigenvalue weighted by molar-refractivity contribution is -0.155. The number of esters is 1. The first-order valence-electron chi connectivity index (χ1n) is 9.31. The summed E-state index contributed by atoms with van der Waals surface area (Å²) in [5.74, 6) is -0.405. The summed E-state index contributed by atoms with van der Waals surface area (Å²) in [6.45, 7) is 3.17. The van der Waals surface area contributed by atoms with Crippen LogP contribution in [0.25, 0.3) is 0 Å². The zero-order valence-electron chi connectivity index (χ0n) is 16.6. The number of methoxy groups -OCH3 is 1. The van der Waals surface area contributed by atoms with E-state index in [9.17, 15) is 14.4 Å². The molecule has 1 aliphatic heterocycles. The Kier molecular flexibility index (Phi) is 6.16. The van der Waals surface area contributed by atoms with Crippen LogP contribution in [0.15, 0.2) is 42.5 Å². The maximum absolute atomic E-state index is 12.7. The number of nitrogens with zero attached hydrogens (tertiary/aromatic N) is 1. The van der Waals surface area contributed by atoms with E-state index < -0.39 is 12.1 Å². The van der Waals surface area contributed by atoms with Crippen molar-refractivity contribution < 1.29 is 28.6 Å². The highest BCUT2D eigenvalue weighted by molar-refractivity contribution is 5.99. The quantitative estimate of drug-likeness (QED) is 0.528. The van der Waals surface area contributed by atoms with Crippen molar-refractivity contribution in [3.63, 3.8) is 0 Å². The number of benzene rings is 2. The highest BCUT2D eigenvalue weighted by Crippen LogP contribution is 2.29. The van der Waals surface area contributed by atoms with Gasteiger partial charge in [0.25, 0.3) is 5.91 Å². The van der Waals surface area contributed by atoms with Crippen LogP contribution in [0, 0.1) is 0 Å². The summed E-state index contributed by atoms with van der Waals surface area (Å²) in [4.78, 5) is 37.9. The molecule has 1 aliphatic rings. The number of anilines is 1. The van der Waals surface area contributed by atoms with Crippen LogP contribution >= 0.6 is 0 Å².